The van der Waals surface area contributed by atoms with E-state index in [0.29, 0.717) is 29.6 Å². The lowest BCUT2D eigenvalue weighted by Crippen LogP contribution is -2.34. The molecule has 0 heterocycles. The van der Waals surface area contributed by atoms with Crippen molar-refractivity contribution in [3.8, 4) is 11.5 Å². The summed E-state index contributed by atoms with van der Waals surface area (Å²) in [6.45, 7) is 1.43. The van der Waals surface area contributed by atoms with E-state index in [2.05, 4.69) is 10.6 Å². The summed E-state index contributed by atoms with van der Waals surface area (Å²) in [4.78, 5) is 11.9. The average Bonchev–Trinajstić information content (AvgIpc) is 2.63. The van der Waals surface area contributed by atoms with Gasteiger partial charge in [0.1, 0.15) is 0 Å². The van der Waals surface area contributed by atoms with Crippen LogP contribution in [0.3, 0.4) is 0 Å². The molecule has 2 aromatic carbocycles. The van der Waals surface area contributed by atoms with Gasteiger partial charge in [0.25, 0.3) is 0 Å². The summed E-state index contributed by atoms with van der Waals surface area (Å²) in [7, 11) is 3.20. The third-order valence-electron chi connectivity index (χ3n) is 3.71. The Morgan fingerprint density at radius 3 is 2.36 bits per heavy atom. The maximum absolute atomic E-state index is 11.9. The lowest BCUT2D eigenvalue weighted by atomic mass is 10.1. The Bertz CT molecular complexity index is 690. The highest BCUT2D eigenvalue weighted by molar-refractivity contribution is 6.30. The highest BCUT2D eigenvalue weighted by Crippen LogP contribution is 2.27. The largest absolute Gasteiger partial charge is 0.493 e. The van der Waals surface area contributed by atoms with Crippen LogP contribution in [0.2, 0.25) is 5.02 Å². The van der Waals surface area contributed by atoms with Crippen molar-refractivity contribution < 1.29 is 14.3 Å². The molecule has 0 aliphatic heterocycles. The molecule has 2 N–H and O–H groups in total. The second-order valence-corrected chi connectivity index (χ2v) is 5.96. The Kier molecular flexibility index (Phi) is 7.57. The van der Waals surface area contributed by atoms with Crippen LogP contribution in [0.1, 0.15) is 11.1 Å². The van der Waals surface area contributed by atoms with Crippen molar-refractivity contribution in [2.24, 2.45) is 0 Å². The van der Waals surface area contributed by atoms with Gasteiger partial charge in [-0.05, 0) is 41.8 Å². The van der Waals surface area contributed by atoms with Gasteiger partial charge in [-0.2, -0.15) is 0 Å². The number of hydrogen-bond donors (Lipinski definition) is 2. The van der Waals surface area contributed by atoms with Crippen LogP contribution in [-0.2, 0) is 17.8 Å². The Morgan fingerprint density at radius 2 is 1.68 bits per heavy atom. The molecule has 2 rings (SSSR count). The number of methoxy groups -OCH3 is 2. The summed E-state index contributed by atoms with van der Waals surface area (Å²) in [5.41, 5.74) is 2.16. The summed E-state index contributed by atoms with van der Waals surface area (Å²) in [6, 6.07) is 13.3. The van der Waals surface area contributed by atoms with E-state index in [0.717, 1.165) is 17.5 Å². The smallest absolute Gasteiger partial charge is 0.233 e. The molecule has 0 atom stereocenters. The highest BCUT2D eigenvalue weighted by Gasteiger charge is 2.05. The number of nitrogens with one attached hydrogen (secondary N) is 2. The number of carbonyl (C=O) groups is 1. The normalized spacial score (nSPS) is 10.4. The monoisotopic (exact) mass is 362 g/mol. The molecule has 0 spiro atoms. The lowest BCUT2D eigenvalue weighted by Gasteiger charge is -2.10. The number of ether oxygens (including phenoxy) is 2. The summed E-state index contributed by atoms with van der Waals surface area (Å²) < 4.78 is 10.5. The SMILES string of the molecule is COc1ccc(CNCC(=O)NCCc2ccc(Cl)cc2)cc1OC. The molecular formula is C19H23ClN2O3. The van der Waals surface area contributed by atoms with Gasteiger partial charge in [-0.3, -0.25) is 4.79 Å². The van der Waals surface area contributed by atoms with Crippen molar-refractivity contribution in [3.05, 3.63) is 58.6 Å². The second kappa shape index (κ2) is 9.91. The standard InChI is InChI=1S/C19H23ClN2O3/c1-24-17-8-5-15(11-18(17)25-2)12-21-13-19(23)22-10-9-14-3-6-16(20)7-4-14/h3-8,11,21H,9-10,12-13H2,1-2H3,(H,22,23). The Labute approximate surface area is 153 Å². The fourth-order valence-electron chi connectivity index (χ4n) is 2.37. The molecule has 0 radical (unpaired) electrons. The summed E-state index contributed by atoms with van der Waals surface area (Å²) in [6.07, 6.45) is 0.776. The minimum absolute atomic E-state index is 0.0329. The van der Waals surface area contributed by atoms with Crippen molar-refractivity contribution in [2.45, 2.75) is 13.0 Å². The molecule has 5 nitrogen and oxygen atoms in total. The van der Waals surface area contributed by atoms with Crippen LogP contribution >= 0.6 is 11.6 Å². The van der Waals surface area contributed by atoms with Crippen LogP contribution < -0.4 is 20.1 Å². The second-order valence-electron chi connectivity index (χ2n) is 5.52. The minimum Gasteiger partial charge on any atom is -0.493 e. The van der Waals surface area contributed by atoms with Gasteiger partial charge in [-0.1, -0.05) is 29.8 Å². The third kappa shape index (κ3) is 6.29. The maximum Gasteiger partial charge on any atom is 0.233 e. The summed E-state index contributed by atoms with van der Waals surface area (Å²) in [5, 5.41) is 6.73. The first-order chi connectivity index (χ1) is 12.1. The van der Waals surface area contributed by atoms with Crippen molar-refractivity contribution in [3.63, 3.8) is 0 Å². The van der Waals surface area contributed by atoms with Crippen LogP contribution in [0.15, 0.2) is 42.5 Å². The van der Waals surface area contributed by atoms with E-state index < -0.39 is 0 Å². The van der Waals surface area contributed by atoms with Crippen LogP contribution in [0.4, 0.5) is 0 Å². The molecule has 0 aromatic heterocycles. The van der Waals surface area contributed by atoms with Crippen molar-refractivity contribution in [1.82, 2.24) is 10.6 Å². The molecule has 25 heavy (non-hydrogen) atoms. The molecular weight excluding hydrogens is 340 g/mol. The average molecular weight is 363 g/mol. The number of halogens is 1. The molecule has 0 aliphatic carbocycles. The number of carbonyl (C=O) groups excluding carboxylic acids is 1. The van der Waals surface area contributed by atoms with Crippen LogP contribution in [0.25, 0.3) is 0 Å². The van der Waals surface area contributed by atoms with E-state index in [-0.39, 0.29) is 12.5 Å². The zero-order valence-corrected chi connectivity index (χ0v) is 15.2. The molecule has 134 valence electrons. The van der Waals surface area contributed by atoms with Gasteiger partial charge in [0, 0.05) is 18.1 Å². The molecule has 0 saturated carbocycles. The van der Waals surface area contributed by atoms with Gasteiger partial charge in [-0.25, -0.2) is 0 Å². The topological polar surface area (TPSA) is 59.6 Å². The van der Waals surface area contributed by atoms with Gasteiger partial charge in [0.15, 0.2) is 11.5 Å². The van der Waals surface area contributed by atoms with Crippen LogP contribution in [0.5, 0.6) is 11.5 Å². The number of amides is 1. The van der Waals surface area contributed by atoms with Crippen LogP contribution in [-0.4, -0.2) is 33.2 Å². The summed E-state index contributed by atoms with van der Waals surface area (Å²) >= 11 is 5.85. The Hall–Kier alpha value is -2.24. The minimum atomic E-state index is -0.0329. The molecule has 1 amide bonds. The van der Waals surface area contributed by atoms with Crippen molar-refractivity contribution >= 4 is 17.5 Å². The molecule has 0 aliphatic rings. The number of hydrogen-bond acceptors (Lipinski definition) is 4. The lowest BCUT2D eigenvalue weighted by molar-refractivity contribution is -0.120. The molecule has 0 fully saturated rings. The van der Waals surface area contributed by atoms with E-state index >= 15 is 0 Å². The van der Waals surface area contributed by atoms with Crippen molar-refractivity contribution in [2.75, 3.05) is 27.3 Å². The van der Waals surface area contributed by atoms with E-state index in [9.17, 15) is 4.79 Å². The number of rotatable bonds is 9. The predicted octanol–water partition coefficient (Wildman–Crippen LogP) is 2.81. The van der Waals surface area contributed by atoms with Crippen molar-refractivity contribution in [1.29, 1.82) is 0 Å². The molecule has 2 aromatic rings. The third-order valence-corrected chi connectivity index (χ3v) is 3.96. The van der Waals surface area contributed by atoms with Gasteiger partial charge < -0.3 is 20.1 Å². The van der Waals surface area contributed by atoms with E-state index in [1.165, 1.54) is 0 Å². The zero-order chi connectivity index (χ0) is 18.1. The van der Waals surface area contributed by atoms with E-state index in [1.54, 1.807) is 14.2 Å². The van der Waals surface area contributed by atoms with Gasteiger partial charge in [0.2, 0.25) is 5.91 Å². The van der Waals surface area contributed by atoms with E-state index in [4.69, 9.17) is 21.1 Å². The Morgan fingerprint density at radius 1 is 1.00 bits per heavy atom. The first kappa shape index (κ1) is 19.1. The highest BCUT2D eigenvalue weighted by atomic mass is 35.5. The van der Waals surface area contributed by atoms with Gasteiger partial charge >= 0.3 is 0 Å². The molecule has 0 saturated heterocycles. The predicted molar refractivity (Wildman–Crippen MR) is 99.4 cm³/mol. The van der Waals surface area contributed by atoms with Gasteiger partial charge in [-0.15, -0.1) is 0 Å². The first-order valence-corrected chi connectivity index (χ1v) is 8.43. The molecule has 6 heteroatoms. The maximum atomic E-state index is 11.9. The fourth-order valence-corrected chi connectivity index (χ4v) is 2.50. The fraction of sp³-hybridized carbons (Fsp3) is 0.316. The number of benzene rings is 2. The van der Waals surface area contributed by atoms with Gasteiger partial charge in [0.05, 0.1) is 20.8 Å². The Balaban J connectivity index is 1.69. The zero-order valence-electron chi connectivity index (χ0n) is 14.5. The summed E-state index contributed by atoms with van der Waals surface area (Å²) in [5.74, 6) is 1.33. The quantitative estimate of drug-likeness (QED) is 0.720. The van der Waals surface area contributed by atoms with Crippen LogP contribution in [0, 0.1) is 0 Å². The molecule has 0 unspecified atom stereocenters. The first-order valence-electron chi connectivity index (χ1n) is 8.05. The molecule has 0 bridgehead atoms. The van der Waals surface area contributed by atoms with E-state index in [1.807, 2.05) is 42.5 Å².